The summed E-state index contributed by atoms with van der Waals surface area (Å²) in [5.74, 6) is 0.207. The highest BCUT2D eigenvalue weighted by molar-refractivity contribution is 5.85. The van der Waals surface area contributed by atoms with Crippen LogP contribution in [-0.4, -0.2) is 10.2 Å². The zero-order valence-corrected chi connectivity index (χ0v) is 7.65. The van der Waals surface area contributed by atoms with E-state index in [1.54, 1.807) is 0 Å². The summed E-state index contributed by atoms with van der Waals surface area (Å²) in [4.78, 5) is 0. The van der Waals surface area contributed by atoms with Gasteiger partial charge in [-0.15, -0.1) is 35.0 Å². The predicted molar refractivity (Wildman–Crippen MR) is 54.2 cm³/mol. The van der Waals surface area contributed by atoms with Crippen molar-refractivity contribution in [1.82, 2.24) is 10.2 Å². The molecule has 0 aromatic carbocycles. The molecule has 0 radical (unpaired) electrons. The SMILES string of the molecule is Cl.Cl.Nc1nnc(N)c(N)c1N. The third-order valence-corrected chi connectivity index (χ3v) is 1.11. The molecule has 1 aromatic heterocycles. The van der Waals surface area contributed by atoms with E-state index >= 15 is 0 Å². The predicted octanol–water partition coefficient (Wildman–Crippen LogP) is -0.351. The summed E-state index contributed by atoms with van der Waals surface area (Å²) in [5, 5.41) is 6.87. The molecule has 0 saturated carbocycles. The van der Waals surface area contributed by atoms with Gasteiger partial charge in [0.15, 0.2) is 11.6 Å². The molecule has 8 N–H and O–H groups in total. The van der Waals surface area contributed by atoms with Gasteiger partial charge in [0.1, 0.15) is 11.4 Å². The van der Waals surface area contributed by atoms with Crippen LogP contribution in [0.4, 0.5) is 23.0 Å². The number of rotatable bonds is 0. The van der Waals surface area contributed by atoms with Gasteiger partial charge in [0, 0.05) is 0 Å². The molecule has 0 aliphatic carbocycles. The van der Waals surface area contributed by atoms with Crippen LogP contribution in [0.1, 0.15) is 0 Å². The Kier molecular flexibility index (Phi) is 5.25. The molecule has 0 bridgehead atoms. The number of nitrogen functional groups attached to an aromatic ring is 4. The number of nitrogens with two attached hydrogens (primary N) is 4. The van der Waals surface area contributed by atoms with Crippen LogP contribution in [0.3, 0.4) is 0 Å². The number of hydrogen-bond donors (Lipinski definition) is 4. The van der Waals surface area contributed by atoms with Crippen LogP contribution < -0.4 is 22.9 Å². The summed E-state index contributed by atoms with van der Waals surface area (Å²) in [6.45, 7) is 0. The third-order valence-electron chi connectivity index (χ3n) is 1.11. The smallest absolute Gasteiger partial charge is 0.171 e. The van der Waals surface area contributed by atoms with Gasteiger partial charge in [0.05, 0.1) is 0 Å². The maximum Gasteiger partial charge on any atom is 0.171 e. The number of anilines is 4. The molecule has 0 aliphatic rings. The van der Waals surface area contributed by atoms with E-state index in [0.717, 1.165) is 0 Å². The van der Waals surface area contributed by atoms with Gasteiger partial charge in [-0.05, 0) is 0 Å². The summed E-state index contributed by atoms with van der Waals surface area (Å²) in [7, 11) is 0. The summed E-state index contributed by atoms with van der Waals surface area (Å²) in [5.41, 5.74) is 21.6. The van der Waals surface area contributed by atoms with Crippen molar-refractivity contribution in [2.24, 2.45) is 0 Å². The molecule has 0 fully saturated rings. The molecule has 1 heterocycles. The Bertz CT molecular complexity index is 237. The maximum atomic E-state index is 5.35. The molecular formula is C4H10Cl2N6. The van der Waals surface area contributed by atoms with E-state index in [-0.39, 0.29) is 47.8 Å². The zero-order chi connectivity index (χ0) is 7.72. The molecule has 1 rings (SSSR count). The second kappa shape index (κ2) is 4.68. The van der Waals surface area contributed by atoms with Crippen molar-refractivity contribution in [1.29, 1.82) is 0 Å². The largest absolute Gasteiger partial charge is 0.394 e. The van der Waals surface area contributed by atoms with Crippen molar-refractivity contribution >= 4 is 47.8 Å². The summed E-state index contributed by atoms with van der Waals surface area (Å²) in [6, 6.07) is 0. The quantitative estimate of drug-likeness (QED) is 0.465. The van der Waals surface area contributed by atoms with Crippen LogP contribution in [0.2, 0.25) is 0 Å². The first-order valence-corrected chi connectivity index (χ1v) is 2.55. The zero-order valence-electron chi connectivity index (χ0n) is 6.02. The first kappa shape index (κ1) is 13.4. The summed E-state index contributed by atoms with van der Waals surface area (Å²) >= 11 is 0. The Labute approximate surface area is 81.5 Å². The number of hydrogen-bond acceptors (Lipinski definition) is 6. The van der Waals surface area contributed by atoms with E-state index in [1.807, 2.05) is 0 Å². The highest BCUT2D eigenvalue weighted by Crippen LogP contribution is 2.22. The van der Waals surface area contributed by atoms with E-state index in [9.17, 15) is 0 Å². The van der Waals surface area contributed by atoms with E-state index in [1.165, 1.54) is 0 Å². The van der Waals surface area contributed by atoms with E-state index in [2.05, 4.69) is 10.2 Å². The fourth-order valence-electron chi connectivity index (χ4n) is 0.491. The second-order valence-electron chi connectivity index (χ2n) is 1.80. The van der Waals surface area contributed by atoms with Crippen molar-refractivity contribution in [2.45, 2.75) is 0 Å². The molecule has 70 valence electrons. The Balaban J connectivity index is 0. The summed E-state index contributed by atoms with van der Waals surface area (Å²) < 4.78 is 0. The molecule has 12 heavy (non-hydrogen) atoms. The van der Waals surface area contributed by atoms with Crippen LogP contribution in [0.5, 0.6) is 0 Å². The Morgan fingerprint density at radius 3 is 1.17 bits per heavy atom. The van der Waals surface area contributed by atoms with Crippen molar-refractivity contribution in [3.63, 3.8) is 0 Å². The fourth-order valence-corrected chi connectivity index (χ4v) is 0.491. The van der Waals surface area contributed by atoms with Gasteiger partial charge in [-0.3, -0.25) is 0 Å². The molecule has 0 saturated heterocycles. The number of aromatic nitrogens is 2. The minimum Gasteiger partial charge on any atom is -0.394 e. The molecule has 8 heteroatoms. The minimum atomic E-state index is 0. The van der Waals surface area contributed by atoms with Crippen molar-refractivity contribution in [3.8, 4) is 0 Å². The second-order valence-corrected chi connectivity index (χ2v) is 1.80. The average Bonchev–Trinajstić information content (AvgIpc) is 1.93. The number of halogens is 2. The lowest BCUT2D eigenvalue weighted by molar-refractivity contribution is 1.06. The first-order valence-electron chi connectivity index (χ1n) is 2.55. The van der Waals surface area contributed by atoms with E-state index in [4.69, 9.17) is 22.9 Å². The molecule has 0 spiro atoms. The van der Waals surface area contributed by atoms with Gasteiger partial charge in [-0.25, -0.2) is 0 Å². The average molecular weight is 213 g/mol. The third kappa shape index (κ3) is 2.18. The lowest BCUT2D eigenvalue weighted by atomic mass is 10.3. The molecule has 1 aromatic rings. The summed E-state index contributed by atoms with van der Waals surface area (Å²) in [6.07, 6.45) is 0. The first-order chi connectivity index (χ1) is 4.63. The molecule has 0 aliphatic heterocycles. The fraction of sp³-hybridized carbons (Fsp3) is 0. The van der Waals surface area contributed by atoms with Crippen LogP contribution in [0.15, 0.2) is 0 Å². The molecule has 0 amide bonds. The molecule has 0 atom stereocenters. The Morgan fingerprint density at radius 2 is 0.917 bits per heavy atom. The van der Waals surface area contributed by atoms with Crippen molar-refractivity contribution < 1.29 is 0 Å². The lowest BCUT2D eigenvalue weighted by Gasteiger charge is -2.02. The molecule has 6 nitrogen and oxygen atoms in total. The van der Waals surface area contributed by atoms with Gasteiger partial charge >= 0.3 is 0 Å². The highest BCUT2D eigenvalue weighted by Gasteiger charge is 2.04. The standard InChI is InChI=1S/C4H8N6.2ClH/c5-1-2(6)4(8)10-9-3(1)7;;/h(H4,5,8,10)(H4,6,7,9);2*1H. The van der Waals surface area contributed by atoms with Crippen LogP contribution in [-0.2, 0) is 0 Å². The van der Waals surface area contributed by atoms with Crippen molar-refractivity contribution in [2.75, 3.05) is 22.9 Å². The maximum absolute atomic E-state index is 5.35. The van der Waals surface area contributed by atoms with E-state index in [0.29, 0.717) is 0 Å². The van der Waals surface area contributed by atoms with E-state index < -0.39 is 0 Å². The van der Waals surface area contributed by atoms with Crippen LogP contribution in [0.25, 0.3) is 0 Å². The minimum absolute atomic E-state index is 0. The highest BCUT2D eigenvalue weighted by atomic mass is 35.5. The monoisotopic (exact) mass is 212 g/mol. The lowest BCUT2D eigenvalue weighted by Crippen LogP contribution is -2.07. The van der Waals surface area contributed by atoms with Gasteiger partial charge in [0.2, 0.25) is 0 Å². The van der Waals surface area contributed by atoms with Gasteiger partial charge < -0.3 is 22.9 Å². The Morgan fingerprint density at radius 1 is 0.667 bits per heavy atom. The topological polar surface area (TPSA) is 130 Å². The van der Waals surface area contributed by atoms with Gasteiger partial charge in [0.25, 0.3) is 0 Å². The van der Waals surface area contributed by atoms with Gasteiger partial charge in [-0.1, -0.05) is 0 Å². The normalized spacial score (nSPS) is 8.00. The molecular weight excluding hydrogens is 203 g/mol. The molecule has 0 unspecified atom stereocenters. The van der Waals surface area contributed by atoms with Crippen LogP contribution in [0, 0.1) is 0 Å². The Hall–Kier alpha value is -1.14. The van der Waals surface area contributed by atoms with Gasteiger partial charge in [-0.2, -0.15) is 0 Å². The number of nitrogens with zero attached hydrogens (tertiary/aromatic N) is 2. The van der Waals surface area contributed by atoms with Crippen LogP contribution >= 0.6 is 24.8 Å². The van der Waals surface area contributed by atoms with Crippen molar-refractivity contribution in [3.05, 3.63) is 0 Å².